The van der Waals surface area contributed by atoms with E-state index in [1.165, 1.54) is 0 Å². The number of amides is 4. The Balaban J connectivity index is 1.46. The van der Waals surface area contributed by atoms with Gasteiger partial charge in [0, 0.05) is 12.7 Å². The molecule has 1 atom stereocenters. The first-order valence-electron chi connectivity index (χ1n) is 10.2. The van der Waals surface area contributed by atoms with Gasteiger partial charge in [-0.25, -0.2) is 4.79 Å². The summed E-state index contributed by atoms with van der Waals surface area (Å²) in [7, 11) is 1.69. The molecule has 3 aliphatic rings. The van der Waals surface area contributed by atoms with Crippen LogP contribution in [-0.4, -0.2) is 46.8 Å². The summed E-state index contributed by atoms with van der Waals surface area (Å²) in [4.78, 5) is 41.1. The molecule has 4 amide bonds. The highest BCUT2D eigenvalue weighted by Gasteiger charge is 2.55. The number of fused-ring (bicyclic) bond motifs is 1. The number of urea groups is 1. The van der Waals surface area contributed by atoms with Crippen LogP contribution in [0.2, 0.25) is 0 Å². The second-order valence-electron chi connectivity index (χ2n) is 8.30. The fraction of sp³-hybridized carbons (Fsp3) is 0.571. The number of aryl methyl sites for hydroxylation is 1. The summed E-state index contributed by atoms with van der Waals surface area (Å²) in [6.45, 7) is -0.218. The average molecular weight is 384 g/mol. The van der Waals surface area contributed by atoms with Crippen molar-refractivity contribution in [2.24, 2.45) is 0 Å². The van der Waals surface area contributed by atoms with E-state index < -0.39 is 5.54 Å². The maximum atomic E-state index is 13.0. The number of hydrogen-bond acceptors (Lipinski definition) is 4. The van der Waals surface area contributed by atoms with Gasteiger partial charge >= 0.3 is 6.03 Å². The molecule has 1 spiro atoms. The van der Waals surface area contributed by atoms with Crippen LogP contribution in [0.1, 0.15) is 62.1 Å². The molecule has 2 fully saturated rings. The van der Waals surface area contributed by atoms with Gasteiger partial charge in [-0.15, -0.1) is 0 Å². The first kappa shape index (κ1) is 18.8. The first-order valence-corrected chi connectivity index (χ1v) is 10.2. The van der Waals surface area contributed by atoms with Gasteiger partial charge in [0.2, 0.25) is 5.91 Å². The zero-order chi connectivity index (χ0) is 19.9. The molecule has 150 valence electrons. The van der Waals surface area contributed by atoms with Crippen molar-refractivity contribution >= 4 is 23.5 Å². The molecule has 1 saturated heterocycles. The summed E-state index contributed by atoms with van der Waals surface area (Å²) in [5.74, 6) is -0.510. The van der Waals surface area contributed by atoms with Crippen LogP contribution in [0.3, 0.4) is 0 Å². The topological polar surface area (TPSA) is 95.7 Å². The van der Waals surface area contributed by atoms with Crippen molar-refractivity contribution in [1.29, 1.82) is 0 Å². The summed E-state index contributed by atoms with van der Waals surface area (Å²) < 4.78 is 0. The quantitative estimate of drug-likeness (QED) is 0.618. The van der Waals surface area contributed by atoms with Crippen molar-refractivity contribution in [2.45, 2.75) is 62.9 Å². The molecule has 3 N–H and O–H groups in total. The van der Waals surface area contributed by atoms with Crippen LogP contribution < -0.4 is 11.1 Å². The minimum Gasteiger partial charge on any atom is -0.399 e. The van der Waals surface area contributed by atoms with Crippen LogP contribution in [0.5, 0.6) is 0 Å². The van der Waals surface area contributed by atoms with Crippen LogP contribution in [0.15, 0.2) is 18.2 Å². The Hall–Kier alpha value is -2.57. The number of nitrogens with two attached hydrogens (primary N) is 1. The van der Waals surface area contributed by atoms with Gasteiger partial charge in [-0.3, -0.25) is 14.5 Å². The molecule has 0 bridgehead atoms. The van der Waals surface area contributed by atoms with Gasteiger partial charge in [0.05, 0.1) is 6.04 Å². The Morgan fingerprint density at radius 2 is 1.96 bits per heavy atom. The molecule has 4 rings (SSSR count). The summed E-state index contributed by atoms with van der Waals surface area (Å²) in [5.41, 5.74) is 8.09. The maximum absolute atomic E-state index is 13.0. The van der Waals surface area contributed by atoms with E-state index in [9.17, 15) is 14.4 Å². The third-order valence-electron chi connectivity index (χ3n) is 6.60. The lowest BCUT2D eigenvalue weighted by Gasteiger charge is -2.35. The minimum absolute atomic E-state index is 0.106. The molecule has 1 heterocycles. The summed E-state index contributed by atoms with van der Waals surface area (Å²) in [6, 6.07) is 5.30. The van der Waals surface area contributed by atoms with Crippen LogP contribution in [0.25, 0.3) is 0 Å². The minimum atomic E-state index is -0.745. The number of imide groups is 1. The molecule has 1 aromatic carbocycles. The molecule has 1 aliphatic heterocycles. The van der Waals surface area contributed by atoms with E-state index in [-0.39, 0.29) is 30.4 Å². The van der Waals surface area contributed by atoms with Crippen molar-refractivity contribution in [2.75, 3.05) is 19.3 Å². The number of carbonyl (C=O) groups excluding carboxylic acids is 3. The average Bonchev–Trinajstić information content (AvgIpc) is 2.85. The molecule has 7 heteroatoms. The van der Waals surface area contributed by atoms with Gasteiger partial charge in [0.1, 0.15) is 12.1 Å². The monoisotopic (exact) mass is 384 g/mol. The van der Waals surface area contributed by atoms with Gasteiger partial charge in [-0.05, 0) is 55.4 Å². The number of benzene rings is 1. The summed E-state index contributed by atoms with van der Waals surface area (Å²) in [5, 5.41) is 3.02. The number of nitrogens with one attached hydrogen (secondary N) is 1. The normalized spacial score (nSPS) is 23.8. The third kappa shape index (κ3) is 3.02. The van der Waals surface area contributed by atoms with E-state index in [2.05, 4.69) is 5.32 Å². The highest BCUT2D eigenvalue weighted by Crippen LogP contribution is 2.39. The number of likely N-dealkylation sites (N-methyl/N-ethyl adjacent to an activating group) is 1. The number of nitrogens with zero attached hydrogens (tertiary/aromatic N) is 2. The Kier molecular flexibility index (Phi) is 4.77. The largest absolute Gasteiger partial charge is 0.399 e. The third-order valence-corrected chi connectivity index (χ3v) is 6.60. The van der Waals surface area contributed by atoms with Crippen molar-refractivity contribution in [3.8, 4) is 0 Å². The van der Waals surface area contributed by atoms with E-state index in [4.69, 9.17) is 5.73 Å². The fourth-order valence-electron chi connectivity index (χ4n) is 5.04. The molecule has 1 unspecified atom stereocenters. The van der Waals surface area contributed by atoms with Crippen molar-refractivity contribution in [3.05, 3.63) is 29.3 Å². The fourth-order valence-corrected chi connectivity index (χ4v) is 5.04. The Morgan fingerprint density at radius 3 is 2.71 bits per heavy atom. The number of carbonyl (C=O) groups is 3. The molecule has 1 saturated carbocycles. The number of anilines is 1. The summed E-state index contributed by atoms with van der Waals surface area (Å²) >= 11 is 0. The number of hydrogen-bond donors (Lipinski definition) is 2. The van der Waals surface area contributed by atoms with Gasteiger partial charge in [0.15, 0.2) is 0 Å². The molecule has 7 nitrogen and oxygen atoms in total. The first-order chi connectivity index (χ1) is 13.4. The molecule has 1 aromatic rings. The van der Waals surface area contributed by atoms with Gasteiger partial charge in [-0.1, -0.05) is 25.3 Å². The number of rotatable bonds is 3. The SMILES string of the molecule is CN1C(=O)N(CC(=O)NC2CCCc3cc(N)ccc32)C(=O)C12CCCCC2. The summed E-state index contributed by atoms with van der Waals surface area (Å²) in [6.07, 6.45) is 7.08. The van der Waals surface area contributed by atoms with E-state index in [0.29, 0.717) is 12.8 Å². The molecular formula is C21H28N4O3. The smallest absolute Gasteiger partial charge is 0.327 e. The lowest BCUT2D eigenvalue weighted by molar-refractivity contribution is -0.137. The van der Waals surface area contributed by atoms with Crippen molar-refractivity contribution in [1.82, 2.24) is 15.1 Å². The predicted molar refractivity (Wildman–Crippen MR) is 105 cm³/mol. The molecule has 0 aromatic heterocycles. The standard InChI is InChI=1S/C21H28N4O3/c1-24-20(28)25(19(27)21(24)10-3-2-4-11-21)13-18(26)23-17-7-5-6-14-12-15(22)8-9-16(14)17/h8-9,12,17H,2-7,10-11,13,22H2,1H3,(H,23,26). The predicted octanol–water partition coefficient (Wildman–Crippen LogP) is 2.36. The molecule has 0 radical (unpaired) electrons. The zero-order valence-electron chi connectivity index (χ0n) is 16.4. The van der Waals surface area contributed by atoms with Gasteiger partial charge in [0.25, 0.3) is 5.91 Å². The van der Waals surface area contributed by atoms with Crippen molar-refractivity contribution < 1.29 is 14.4 Å². The van der Waals surface area contributed by atoms with Crippen LogP contribution >= 0.6 is 0 Å². The number of nitrogen functional groups attached to an aromatic ring is 1. The molecule has 28 heavy (non-hydrogen) atoms. The second-order valence-corrected chi connectivity index (χ2v) is 8.30. The molecule has 2 aliphatic carbocycles. The Morgan fingerprint density at radius 1 is 1.21 bits per heavy atom. The maximum Gasteiger partial charge on any atom is 0.327 e. The highest BCUT2D eigenvalue weighted by atomic mass is 16.2. The van der Waals surface area contributed by atoms with Crippen LogP contribution in [0.4, 0.5) is 10.5 Å². The molecular weight excluding hydrogens is 356 g/mol. The van der Waals surface area contributed by atoms with Gasteiger partial charge < -0.3 is 16.0 Å². The van der Waals surface area contributed by atoms with E-state index in [0.717, 1.165) is 60.2 Å². The lowest BCUT2D eigenvalue weighted by atomic mass is 9.81. The van der Waals surface area contributed by atoms with Crippen LogP contribution in [-0.2, 0) is 16.0 Å². The van der Waals surface area contributed by atoms with Crippen molar-refractivity contribution in [3.63, 3.8) is 0 Å². The highest BCUT2D eigenvalue weighted by molar-refractivity contribution is 6.09. The second kappa shape index (κ2) is 7.11. The van der Waals surface area contributed by atoms with E-state index >= 15 is 0 Å². The van der Waals surface area contributed by atoms with E-state index in [1.54, 1.807) is 11.9 Å². The lowest BCUT2D eigenvalue weighted by Crippen LogP contribution is -2.49. The van der Waals surface area contributed by atoms with Gasteiger partial charge in [-0.2, -0.15) is 0 Å². The van der Waals surface area contributed by atoms with E-state index in [1.807, 2.05) is 18.2 Å². The Labute approximate surface area is 165 Å². The van der Waals surface area contributed by atoms with Crippen LogP contribution in [0, 0.1) is 0 Å². The Bertz CT molecular complexity index is 816. The zero-order valence-corrected chi connectivity index (χ0v) is 16.4.